The number of non-ortho nitro benzene ring substituents is 1. The van der Waals surface area contributed by atoms with E-state index in [9.17, 15) is 15.4 Å². The third-order valence-corrected chi connectivity index (χ3v) is 4.76. The standard InChI is InChI=1S/C21H22N4O2/c1-17-4-2-5-18(14-17)16-23-10-12-24(13-11-23)21(8-9-22)19-6-3-7-20(15-19)25(26)27/h2-8,14-15H,10-13,16H2,1H3/b21-8-. The molecule has 1 heterocycles. The number of nitriles is 1. The van der Waals surface area contributed by atoms with Gasteiger partial charge in [-0.25, -0.2) is 0 Å². The summed E-state index contributed by atoms with van der Waals surface area (Å²) >= 11 is 0. The van der Waals surface area contributed by atoms with E-state index >= 15 is 0 Å². The van der Waals surface area contributed by atoms with Crippen molar-refractivity contribution in [1.29, 1.82) is 5.26 Å². The number of rotatable bonds is 5. The van der Waals surface area contributed by atoms with E-state index in [1.54, 1.807) is 6.07 Å². The van der Waals surface area contributed by atoms with Crippen molar-refractivity contribution in [3.05, 3.63) is 81.4 Å². The molecule has 0 spiro atoms. The summed E-state index contributed by atoms with van der Waals surface area (Å²) in [7, 11) is 0. The molecule has 138 valence electrons. The molecule has 0 saturated carbocycles. The predicted octanol–water partition coefficient (Wildman–Crippen LogP) is 3.59. The van der Waals surface area contributed by atoms with Crippen molar-refractivity contribution in [1.82, 2.24) is 9.80 Å². The maximum Gasteiger partial charge on any atom is 0.270 e. The van der Waals surface area contributed by atoms with Gasteiger partial charge in [-0.05, 0) is 12.5 Å². The normalized spacial score (nSPS) is 15.4. The molecule has 1 aliphatic heterocycles. The molecule has 1 saturated heterocycles. The summed E-state index contributed by atoms with van der Waals surface area (Å²) in [6.07, 6.45) is 1.48. The predicted molar refractivity (Wildman–Crippen MR) is 105 cm³/mol. The molecule has 27 heavy (non-hydrogen) atoms. The highest BCUT2D eigenvalue weighted by molar-refractivity contribution is 5.68. The molecule has 0 bridgehead atoms. The Morgan fingerprint density at radius 3 is 2.59 bits per heavy atom. The van der Waals surface area contributed by atoms with Crippen LogP contribution in [-0.2, 0) is 6.54 Å². The molecule has 1 fully saturated rings. The Balaban J connectivity index is 1.69. The highest BCUT2D eigenvalue weighted by Crippen LogP contribution is 2.24. The van der Waals surface area contributed by atoms with Crippen molar-refractivity contribution in [3.63, 3.8) is 0 Å². The maximum absolute atomic E-state index is 11.1. The van der Waals surface area contributed by atoms with E-state index in [4.69, 9.17) is 0 Å². The third-order valence-electron chi connectivity index (χ3n) is 4.76. The SMILES string of the molecule is Cc1cccc(CN2CCN(/C(=C\C#N)c3cccc([N+](=O)[O-])c3)CC2)c1. The molecular formula is C21H22N4O2. The van der Waals surface area contributed by atoms with Gasteiger partial charge in [0.1, 0.15) is 0 Å². The average Bonchev–Trinajstić information content (AvgIpc) is 2.67. The molecule has 0 atom stereocenters. The summed E-state index contributed by atoms with van der Waals surface area (Å²) in [5, 5.41) is 20.2. The van der Waals surface area contributed by atoms with Crippen LogP contribution in [0.1, 0.15) is 16.7 Å². The van der Waals surface area contributed by atoms with Crippen molar-refractivity contribution in [2.75, 3.05) is 26.2 Å². The van der Waals surface area contributed by atoms with Crippen LogP contribution >= 0.6 is 0 Å². The number of piperazine rings is 1. The highest BCUT2D eigenvalue weighted by atomic mass is 16.6. The summed E-state index contributed by atoms with van der Waals surface area (Å²) in [5.74, 6) is 0. The quantitative estimate of drug-likeness (QED) is 0.462. The number of allylic oxidation sites excluding steroid dienone is 1. The Morgan fingerprint density at radius 2 is 1.93 bits per heavy atom. The average molecular weight is 362 g/mol. The van der Waals surface area contributed by atoms with Crippen LogP contribution in [0.4, 0.5) is 5.69 Å². The molecule has 6 heteroatoms. The summed E-state index contributed by atoms with van der Waals surface area (Å²) in [6.45, 7) is 6.32. The minimum atomic E-state index is -0.409. The lowest BCUT2D eigenvalue weighted by Crippen LogP contribution is -2.44. The first kappa shape index (κ1) is 18.6. The van der Waals surface area contributed by atoms with E-state index in [1.165, 1.54) is 29.3 Å². The number of nitro groups is 1. The Bertz CT molecular complexity index is 893. The summed E-state index contributed by atoms with van der Waals surface area (Å²) in [4.78, 5) is 15.2. The van der Waals surface area contributed by atoms with Gasteiger partial charge < -0.3 is 4.90 Å². The minimum Gasteiger partial charge on any atom is -0.368 e. The number of benzene rings is 2. The molecule has 0 amide bonds. The van der Waals surface area contributed by atoms with E-state index < -0.39 is 4.92 Å². The van der Waals surface area contributed by atoms with Crippen LogP contribution in [0.2, 0.25) is 0 Å². The van der Waals surface area contributed by atoms with Gasteiger partial charge >= 0.3 is 0 Å². The smallest absolute Gasteiger partial charge is 0.270 e. The summed E-state index contributed by atoms with van der Waals surface area (Å²) in [6, 6.07) is 17.1. The molecule has 2 aromatic rings. The fraction of sp³-hybridized carbons (Fsp3) is 0.286. The topological polar surface area (TPSA) is 73.4 Å². The van der Waals surface area contributed by atoms with Crippen molar-refractivity contribution in [2.24, 2.45) is 0 Å². The van der Waals surface area contributed by atoms with E-state index in [0.717, 1.165) is 38.4 Å². The van der Waals surface area contributed by atoms with Crippen molar-refractivity contribution in [2.45, 2.75) is 13.5 Å². The minimum absolute atomic E-state index is 0.0365. The lowest BCUT2D eigenvalue weighted by Gasteiger charge is -2.37. The number of hydrogen-bond acceptors (Lipinski definition) is 5. The van der Waals surface area contributed by atoms with E-state index in [-0.39, 0.29) is 5.69 Å². The van der Waals surface area contributed by atoms with Crippen molar-refractivity contribution < 1.29 is 4.92 Å². The van der Waals surface area contributed by atoms with Crippen LogP contribution in [-0.4, -0.2) is 40.9 Å². The molecule has 2 aromatic carbocycles. The van der Waals surface area contributed by atoms with E-state index in [0.29, 0.717) is 5.56 Å². The molecule has 0 radical (unpaired) electrons. The van der Waals surface area contributed by atoms with Crippen LogP contribution in [0, 0.1) is 28.4 Å². The van der Waals surface area contributed by atoms with Gasteiger partial charge in [0.2, 0.25) is 0 Å². The molecule has 3 rings (SSSR count). The zero-order valence-electron chi connectivity index (χ0n) is 15.3. The van der Waals surface area contributed by atoms with E-state index in [2.05, 4.69) is 47.1 Å². The molecule has 0 aliphatic carbocycles. The van der Waals surface area contributed by atoms with Gasteiger partial charge in [0.25, 0.3) is 5.69 Å². The Hall–Kier alpha value is -3.17. The Kier molecular flexibility index (Phi) is 5.84. The van der Waals surface area contributed by atoms with Gasteiger partial charge in [-0.3, -0.25) is 15.0 Å². The van der Waals surface area contributed by atoms with Crippen LogP contribution in [0.3, 0.4) is 0 Å². The second kappa shape index (κ2) is 8.47. The van der Waals surface area contributed by atoms with Gasteiger partial charge in [0.15, 0.2) is 0 Å². The van der Waals surface area contributed by atoms with Crippen LogP contribution < -0.4 is 0 Å². The van der Waals surface area contributed by atoms with Gasteiger partial charge in [-0.2, -0.15) is 5.26 Å². The second-order valence-electron chi connectivity index (χ2n) is 6.72. The maximum atomic E-state index is 11.1. The highest BCUT2D eigenvalue weighted by Gasteiger charge is 2.21. The van der Waals surface area contributed by atoms with Crippen LogP contribution in [0.15, 0.2) is 54.6 Å². The zero-order chi connectivity index (χ0) is 19.2. The summed E-state index contributed by atoms with van der Waals surface area (Å²) < 4.78 is 0. The Morgan fingerprint density at radius 1 is 1.19 bits per heavy atom. The van der Waals surface area contributed by atoms with Crippen molar-refractivity contribution >= 4 is 11.4 Å². The lowest BCUT2D eigenvalue weighted by atomic mass is 10.1. The van der Waals surface area contributed by atoms with Gasteiger partial charge in [-0.15, -0.1) is 0 Å². The molecule has 0 N–H and O–H groups in total. The molecule has 0 aromatic heterocycles. The van der Waals surface area contributed by atoms with Gasteiger partial charge in [0.05, 0.1) is 16.7 Å². The first-order valence-electron chi connectivity index (χ1n) is 8.94. The Labute approximate surface area is 159 Å². The summed E-state index contributed by atoms with van der Waals surface area (Å²) in [5.41, 5.74) is 4.05. The molecular weight excluding hydrogens is 340 g/mol. The zero-order valence-corrected chi connectivity index (χ0v) is 15.3. The van der Waals surface area contributed by atoms with E-state index in [1.807, 2.05) is 6.07 Å². The fourth-order valence-corrected chi connectivity index (χ4v) is 3.41. The van der Waals surface area contributed by atoms with Crippen LogP contribution in [0.5, 0.6) is 0 Å². The molecule has 6 nitrogen and oxygen atoms in total. The van der Waals surface area contributed by atoms with Gasteiger partial charge in [0, 0.05) is 56.5 Å². The number of nitrogens with zero attached hydrogens (tertiary/aromatic N) is 4. The monoisotopic (exact) mass is 362 g/mol. The lowest BCUT2D eigenvalue weighted by molar-refractivity contribution is -0.384. The van der Waals surface area contributed by atoms with Crippen LogP contribution in [0.25, 0.3) is 5.70 Å². The third kappa shape index (κ3) is 4.72. The first-order valence-corrected chi connectivity index (χ1v) is 8.94. The molecule has 1 aliphatic rings. The molecule has 0 unspecified atom stereocenters. The number of hydrogen-bond donors (Lipinski definition) is 0. The largest absolute Gasteiger partial charge is 0.368 e. The fourth-order valence-electron chi connectivity index (χ4n) is 3.41. The second-order valence-corrected chi connectivity index (χ2v) is 6.72. The first-order chi connectivity index (χ1) is 13.1. The van der Waals surface area contributed by atoms with Crippen molar-refractivity contribution in [3.8, 4) is 6.07 Å². The number of nitro benzene ring substituents is 1. The number of aryl methyl sites for hydroxylation is 1. The van der Waals surface area contributed by atoms with Gasteiger partial charge in [-0.1, -0.05) is 42.0 Å².